The molecule has 122 valence electrons. The van der Waals surface area contributed by atoms with Crippen molar-refractivity contribution in [3.8, 4) is 11.3 Å². The summed E-state index contributed by atoms with van der Waals surface area (Å²) in [6.07, 6.45) is 1.41. The van der Waals surface area contributed by atoms with Crippen LogP contribution in [0.2, 0.25) is 0 Å². The number of halogens is 1. The van der Waals surface area contributed by atoms with Crippen LogP contribution in [0.1, 0.15) is 26.0 Å². The zero-order valence-corrected chi connectivity index (χ0v) is 13.5. The normalized spacial score (nSPS) is 21.4. The summed E-state index contributed by atoms with van der Waals surface area (Å²) in [5.74, 6) is 1.41. The number of piperidine rings is 1. The summed E-state index contributed by atoms with van der Waals surface area (Å²) in [7, 11) is 0. The minimum atomic E-state index is -0.294. The molecule has 1 aliphatic heterocycles. The Labute approximate surface area is 135 Å². The van der Waals surface area contributed by atoms with Gasteiger partial charge in [0, 0.05) is 24.7 Å². The zero-order chi connectivity index (χ0) is 16.4. The fourth-order valence-corrected chi connectivity index (χ4v) is 3.28. The van der Waals surface area contributed by atoms with E-state index >= 15 is 0 Å². The van der Waals surface area contributed by atoms with Gasteiger partial charge in [0.15, 0.2) is 5.76 Å². The van der Waals surface area contributed by atoms with Crippen molar-refractivity contribution in [3.05, 3.63) is 41.8 Å². The maximum atomic E-state index is 13.0. The average molecular weight is 316 g/mol. The molecular formula is C18H21FN2O2. The van der Waals surface area contributed by atoms with Crippen molar-refractivity contribution in [2.24, 2.45) is 11.8 Å². The summed E-state index contributed by atoms with van der Waals surface area (Å²) in [6.45, 7) is 5.98. The van der Waals surface area contributed by atoms with Crippen LogP contribution in [0, 0.1) is 17.7 Å². The number of nitrogens with zero attached hydrogens (tertiary/aromatic N) is 2. The SMILES string of the molecule is CC1CC(C)CN(C(=O)Cc2cc(-c3ccc(F)cc3)on2)C1. The molecule has 2 aromatic rings. The monoisotopic (exact) mass is 316 g/mol. The van der Waals surface area contributed by atoms with Crippen LogP contribution in [0.4, 0.5) is 4.39 Å². The molecule has 5 heteroatoms. The van der Waals surface area contributed by atoms with Crippen LogP contribution >= 0.6 is 0 Å². The van der Waals surface area contributed by atoms with Gasteiger partial charge < -0.3 is 9.42 Å². The van der Waals surface area contributed by atoms with Crippen LogP contribution in [0.5, 0.6) is 0 Å². The molecule has 2 atom stereocenters. The van der Waals surface area contributed by atoms with Gasteiger partial charge in [0.05, 0.1) is 12.1 Å². The van der Waals surface area contributed by atoms with Crippen molar-refractivity contribution in [3.63, 3.8) is 0 Å². The lowest BCUT2D eigenvalue weighted by Crippen LogP contribution is -2.43. The lowest BCUT2D eigenvalue weighted by molar-refractivity contribution is -0.133. The average Bonchev–Trinajstić information content (AvgIpc) is 2.95. The van der Waals surface area contributed by atoms with E-state index in [0.717, 1.165) is 18.7 Å². The summed E-state index contributed by atoms with van der Waals surface area (Å²) in [5.41, 5.74) is 1.36. The van der Waals surface area contributed by atoms with Gasteiger partial charge in [-0.3, -0.25) is 4.79 Å². The maximum Gasteiger partial charge on any atom is 0.228 e. The molecule has 0 aliphatic carbocycles. The van der Waals surface area contributed by atoms with Gasteiger partial charge in [-0.1, -0.05) is 19.0 Å². The molecule has 1 aliphatic rings. The van der Waals surface area contributed by atoms with Crippen molar-refractivity contribution in [2.75, 3.05) is 13.1 Å². The highest BCUT2D eigenvalue weighted by atomic mass is 19.1. The lowest BCUT2D eigenvalue weighted by atomic mass is 9.91. The van der Waals surface area contributed by atoms with Crippen molar-refractivity contribution < 1.29 is 13.7 Å². The Balaban J connectivity index is 1.66. The van der Waals surface area contributed by atoms with Crippen molar-refractivity contribution >= 4 is 5.91 Å². The number of amides is 1. The number of carbonyl (C=O) groups is 1. The summed E-state index contributed by atoms with van der Waals surface area (Å²) in [4.78, 5) is 14.4. The summed E-state index contributed by atoms with van der Waals surface area (Å²) in [5, 5.41) is 3.97. The molecule has 0 N–H and O–H groups in total. The Morgan fingerprint density at radius 2 is 1.91 bits per heavy atom. The highest BCUT2D eigenvalue weighted by Crippen LogP contribution is 2.23. The van der Waals surface area contributed by atoms with Gasteiger partial charge in [0.2, 0.25) is 5.91 Å². The fourth-order valence-electron chi connectivity index (χ4n) is 3.28. The Kier molecular flexibility index (Phi) is 4.46. The van der Waals surface area contributed by atoms with E-state index < -0.39 is 0 Å². The Hall–Kier alpha value is -2.17. The quantitative estimate of drug-likeness (QED) is 0.870. The van der Waals surface area contributed by atoms with Crippen LogP contribution < -0.4 is 0 Å². The summed E-state index contributed by atoms with van der Waals surface area (Å²) >= 11 is 0. The number of hydrogen-bond acceptors (Lipinski definition) is 3. The molecule has 2 unspecified atom stereocenters. The molecular weight excluding hydrogens is 295 g/mol. The summed E-state index contributed by atoms with van der Waals surface area (Å²) in [6, 6.07) is 7.77. The predicted molar refractivity (Wildman–Crippen MR) is 85.1 cm³/mol. The number of likely N-dealkylation sites (tertiary alicyclic amines) is 1. The first kappa shape index (κ1) is 15.7. The molecule has 0 radical (unpaired) electrons. The van der Waals surface area contributed by atoms with Crippen molar-refractivity contribution in [2.45, 2.75) is 26.7 Å². The van der Waals surface area contributed by atoms with Gasteiger partial charge in [-0.2, -0.15) is 0 Å². The van der Waals surface area contributed by atoms with Crippen LogP contribution in [0.25, 0.3) is 11.3 Å². The minimum absolute atomic E-state index is 0.0855. The molecule has 1 aromatic heterocycles. The number of rotatable bonds is 3. The molecule has 1 amide bonds. The molecule has 0 bridgehead atoms. The first-order chi connectivity index (χ1) is 11.0. The largest absolute Gasteiger partial charge is 0.356 e. The van der Waals surface area contributed by atoms with Gasteiger partial charge >= 0.3 is 0 Å². The highest BCUT2D eigenvalue weighted by Gasteiger charge is 2.26. The summed E-state index contributed by atoms with van der Waals surface area (Å²) < 4.78 is 18.2. The van der Waals surface area contributed by atoms with E-state index in [1.54, 1.807) is 18.2 Å². The van der Waals surface area contributed by atoms with Gasteiger partial charge in [0.25, 0.3) is 0 Å². The number of benzene rings is 1. The standard InChI is InChI=1S/C18H21FN2O2/c1-12-7-13(2)11-21(10-12)18(22)9-16-8-17(23-20-16)14-3-5-15(19)6-4-14/h3-6,8,12-13H,7,9-11H2,1-2H3. The lowest BCUT2D eigenvalue weighted by Gasteiger charge is -2.34. The first-order valence-corrected chi connectivity index (χ1v) is 8.00. The first-order valence-electron chi connectivity index (χ1n) is 8.00. The third-order valence-electron chi connectivity index (χ3n) is 4.24. The third kappa shape index (κ3) is 3.78. The Morgan fingerprint density at radius 3 is 2.57 bits per heavy atom. The molecule has 4 nitrogen and oxygen atoms in total. The Bertz CT molecular complexity index is 671. The van der Waals surface area contributed by atoms with Gasteiger partial charge in [0.1, 0.15) is 5.82 Å². The number of aromatic nitrogens is 1. The molecule has 1 aromatic carbocycles. The van der Waals surface area contributed by atoms with E-state index in [9.17, 15) is 9.18 Å². The molecule has 1 fully saturated rings. The molecule has 0 saturated carbocycles. The van der Waals surface area contributed by atoms with Crippen LogP contribution in [-0.2, 0) is 11.2 Å². The second kappa shape index (κ2) is 6.52. The second-order valence-corrected chi connectivity index (χ2v) is 6.61. The van der Waals surface area contributed by atoms with Crippen LogP contribution in [0.3, 0.4) is 0 Å². The molecule has 2 heterocycles. The van der Waals surface area contributed by atoms with E-state index in [0.29, 0.717) is 23.3 Å². The smallest absolute Gasteiger partial charge is 0.228 e. The van der Waals surface area contributed by atoms with E-state index in [4.69, 9.17) is 4.52 Å². The maximum absolute atomic E-state index is 13.0. The predicted octanol–water partition coefficient (Wildman–Crippen LogP) is 3.53. The molecule has 1 saturated heterocycles. The van der Waals surface area contributed by atoms with Gasteiger partial charge in [-0.05, 0) is 42.5 Å². The van der Waals surface area contributed by atoms with Crippen molar-refractivity contribution in [1.82, 2.24) is 10.1 Å². The third-order valence-corrected chi connectivity index (χ3v) is 4.24. The Morgan fingerprint density at radius 1 is 1.26 bits per heavy atom. The van der Waals surface area contributed by atoms with Gasteiger partial charge in [-0.25, -0.2) is 4.39 Å². The van der Waals surface area contributed by atoms with Crippen LogP contribution in [-0.4, -0.2) is 29.1 Å². The van der Waals surface area contributed by atoms with Crippen LogP contribution in [0.15, 0.2) is 34.9 Å². The zero-order valence-electron chi connectivity index (χ0n) is 13.5. The van der Waals surface area contributed by atoms with Crippen molar-refractivity contribution in [1.29, 1.82) is 0 Å². The second-order valence-electron chi connectivity index (χ2n) is 6.61. The molecule has 3 rings (SSSR count). The topological polar surface area (TPSA) is 46.3 Å². The molecule has 0 spiro atoms. The molecule has 23 heavy (non-hydrogen) atoms. The van der Waals surface area contributed by atoms with E-state index in [-0.39, 0.29) is 18.1 Å². The number of hydrogen-bond donors (Lipinski definition) is 0. The van der Waals surface area contributed by atoms with E-state index in [2.05, 4.69) is 19.0 Å². The van der Waals surface area contributed by atoms with Gasteiger partial charge in [-0.15, -0.1) is 0 Å². The minimum Gasteiger partial charge on any atom is -0.356 e. The fraction of sp³-hybridized carbons (Fsp3) is 0.444. The van der Waals surface area contributed by atoms with E-state index in [1.807, 2.05) is 4.90 Å². The number of carbonyl (C=O) groups excluding carboxylic acids is 1. The van der Waals surface area contributed by atoms with E-state index in [1.165, 1.54) is 18.6 Å². The highest BCUT2D eigenvalue weighted by molar-refractivity contribution is 5.78.